The van der Waals surface area contributed by atoms with Crippen molar-refractivity contribution in [3.05, 3.63) is 40.1 Å². The first-order valence-electron chi connectivity index (χ1n) is 4.56. The van der Waals surface area contributed by atoms with Crippen LogP contribution in [0.4, 0.5) is 5.95 Å². The van der Waals surface area contributed by atoms with E-state index in [9.17, 15) is 0 Å². The molecule has 0 radical (unpaired) electrons. The minimum Gasteiger partial charge on any atom is -0.366 e. The Morgan fingerprint density at radius 3 is 2.53 bits per heavy atom. The number of nitrogens with two attached hydrogens (primary N) is 1. The van der Waals surface area contributed by atoms with Crippen LogP contribution in [-0.4, -0.2) is 14.8 Å². The highest BCUT2D eigenvalue weighted by Gasteiger charge is 2.03. The number of nitrogens with zero attached hydrogens (tertiary/aromatic N) is 3. The van der Waals surface area contributed by atoms with Gasteiger partial charge in [0.2, 0.25) is 5.95 Å². The summed E-state index contributed by atoms with van der Waals surface area (Å²) in [5, 5.41) is 4.10. The van der Waals surface area contributed by atoms with E-state index in [1.165, 1.54) is 5.56 Å². The fraction of sp³-hybridized carbons (Fsp3) is 0.200. The zero-order chi connectivity index (χ0) is 10.8. The molecule has 2 aromatic rings. The summed E-state index contributed by atoms with van der Waals surface area (Å²) in [6.45, 7) is 2.59. The molecule has 0 aliphatic carbocycles. The van der Waals surface area contributed by atoms with E-state index in [4.69, 9.17) is 5.73 Å². The van der Waals surface area contributed by atoms with Gasteiger partial charge in [-0.15, -0.1) is 5.10 Å². The summed E-state index contributed by atoms with van der Waals surface area (Å²) < 4.78 is 2.86. The van der Waals surface area contributed by atoms with Crippen molar-refractivity contribution in [3.63, 3.8) is 0 Å². The maximum Gasteiger partial charge on any atom is 0.239 e. The molecule has 1 heterocycles. The van der Waals surface area contributed by atoms with Gasteiger partial charge in [0.1, 0.15) is 5.82 Å². The molecule has 1 aromatic carbocycles. The molecule has 2 N–H and O–H groups in total. The summed E-state index contributed by atoms with van der Waals surface area (Å²) in [6, 6.07) is 8.10. The lowest BCUT2D eigenvalue weighted by atomic mass is 10.2. The Morgan fingerprint density at radius 1 is 1.33 bits per heavy atom. The Labute approximate surface area is 96.3 Å². The molecule has 78 valence electrons. The second-order valence-corrected chi connectivity index (χ2v) is 4.22. The van der Waals surface area contributed by atoms with Crippen molar-refractivity contribution >= 4 is 21.9 Å². The van der Waals surface area contributed by atoms with E-state index in [0.717, 1.165) is 10.3 Å². The van der Waals surface area contributed by atoms with Crippen molar-refractivity contribution in [2.24, 2.45) is 0 Å². The molecule has 0 saturated carbocycles. The van der Waals surface area contributed by atoms with Gasteiger partial charge in [0.05, 0.1) is 6.54 Å². The van der Waals surface area contributed by atoms with E-state index in [-0.39, 0.29) is 0 Å². The smallest absolute Gasteiger partial charge is 0.239 e. The Kier molecular flexibility index (Phi) is 2.73. The Bertz CT molecular complexity index is 461. The molecule has 0 fully saturated rings. The van der Waals surface area contributed by atoms with Crippen LogP contribution in [0.2, 0.25) is 0 Å². The molecule has 0 atom stereocenters. The quantitative estimate of drug-likeness (QED) is 0.905. The number of rotatable bonds is 2. The molecule has 5 heteroatoms. The first-order valence-corrected chi connectivity index (χ1v) is 5.36. The van der Waals surface area contributed by atoms with Crippen LogP contribution >= 0.6 is 15.9 Å². The number of hydrogen-bond acceptors (Lipinski definition) is 3. The molecule has 4 nitrogen and oxygen atoms in total. The highest BCUT2D eigenvalue weighted by Crippen LogP contribution is 2.12. The molecule has 1 aromatic heterocycles. The number of halogens is 1. The highest BCUT2D eigenvalue weighted by atomic mass is 79.9. The van der Waals surface area contributed by atoms with Gasteiger partial charge in [-0.2, -0.15) is 4.98 Å². The fourth-order valence-electron chi connectivity index (χ4n) is 1.35. The topological polar surface area (TPSA) is 56.7 Å². The third-order valence-corrected chi connectivity index (χ3v) is 2.65. The van der Waals surface area contributed by atoms with E-state index in [0.29, 0.717) is 12.5 Å². The van der Waals surface area contributed by atoms with Gasteiger partial charge in [-0.05, 0) is 24.6 Å². The van der Waals surface area contributed by atoms with E-state index < -0.39 is 0 Å². The monoisotopic (exact) mass is 266 g/mol. The van der Waals surface area contributed by atoms with Crippen molar-refractivity contribution in [1.82, 2.24) is 14.8 Å². The normalized spacial score (nSPS) is 10.5. The second-order valence-electron chi connectivity index (χ2n) is 3.30. The average molecular weight is 267 g/mol. The molecular formula is C10H11BrN4. The summed E-state index contributed by atoms with van der Waals surface area (Å²) in [6.07, 6.45) is 0. The van der Waals surface area contributed by atoms with Gasteiger partial charge in [0.25, 0.3) is 0 Å². The van der Waals surface area contributed by atoms with Gasteiger partial charge in [-0.25, -0.2) is 4.68 Å². The summed E-state index contributed by atoms with van der Waals surface area (Å²) in [7, 11) is 0. The summed E-state index contributed by atoms with van der Waals surface area (Å²) in [5.74, 6) is 1.15. The molecule has 0 bridgehead atoms. The van der Waals surface area contributed by atoms with Gasteiger partial charge in [0.15, 0.2) is 0 Å². The molecule has 0 aliphatic heterocycles. The first kappa shape index (κ1) is 10.2. The lowest BCUT2D eigenvalue weighted by molar-refractivity contribution is 0.662. The van der Waals surface area contributed by atoms with Crippen LogP contribution in [0.15, 0.2) is 28.7 Å². The molecule has 0 amide bonds. The van der Waals surface area contributed by atoms with Crippen molar-refractivity contribution in [2.75, 3.05) is 5.73 Å². The second kappa shape index (κ2) is 4.02. The summed E-state index contributed by atoms with van der Waals surface area (Å²) >= 11 is 3.39. The fourth-order valence-corrected chi connectivity index (χ4v) is 1.62. The number of benzene rings is 1. The number of aryl methyl sites for hydroxylation is 1. The standard InChI is InChI=1S/C10H11BrN4/c1-7-13-10(12)14-15(7)6-8-2-4-9(11)5-3-8/h2-5H,6H2,1H3,(H2,12,14). The lowest BCUT2D eigenvalue weighted by Gasteiger charge is -2.02. The largest absolute Gasteiger partial charge is 0.366 e. The van der Waals surface area contributed by atoms with Crippen LogP contribution in [0, 0.1) is 6.92 Å². The molecule has 0 aliphatic rings. The maximum absolute atomic E-state index is 5.51. The predicted octanol–water partition coefficient (Wildman–Crippen LogP) is 1.98. The summed E-state index contributed by atoms with van der Waals surface area (Å²) in [4.78, 5) is 4.05. The molecule has 2 rings (SSSR count). The minimum atomic E-state index is 0.324. The van der Waals surface area contributed by atoms with Gasteiger partial charge >= 0.3 is 0 Å². The number of anilines is 1. The Hall–Kier alpha value is -1.36. The molecule has 15 heavy (non-hydrogen) atoms. The van der Waals surface area contributed by atoms with Gasteiger partial charge in [-0.3, -0.25) is 0 Å². The molecule has 0 spiro atoms. The van der Waals surface area contributed by atoms with Crippen LogP contribution in [-0.2, 0) is 6.54 Å². The van der Waals surface area contributed by atoms with Crippen LogP contribution in [0.5, 0.6) is 0 Å². The molecular weight excluding hydrogens is 256 g/mol. The average Bonchev–Trinajstić information content (AvgIpc) is 2.49. The Morgan fingerprint density at radius 2 is 2.00 bits per heavy atom. The van der Waals surface area contributed by atoms with E-state index in [1.54, 1.807) is 4.68 Å². The van der Waals surface area contributed by atoms with Crippen LogP contribution in [0.3, 0.4) is 0 Å². The maximum atomic E-state index is 5.51. The Balaban J connectivity index is 2.21. The van der Waals surface area contributed by atoms with Crippen molar-refractivity contribution in [2.45, 2.75) is 13.5 Å². The van der Waals surface area contributed by atoms with Crippen LogP contribution in [0.1, 0.15) is 11.4 Å². The SMILES string of the molecule is Cc1nc(N)nn1Cc1ccc(Br)cc1. The number of nitrogen functional groups attached to an aromatic ring is 1. The van der Waals surface area contributed by atoms with Gasteiger partial charge in [-0.1, -0.05) is 28.1 Å². The van der Waals surface area contributed by atoms with E-state index >= 15 is 0 Å². The van der Waals surface area contributed by atoms with E-state index in [2.05, 4.69) is 26.0 Å². The number of hydrogen-bond donors (Lipinski definition) is 1. The third-order valence-electron chi connectivity index (χ3n) is 2.12. The predicted molar refractivity (Wildman–Crippen MR) is 62.4 cm³/mol. The minimum absolute atomic E-state index is 0.324. The number of aromatic nitrogens is 3. The van der Waals surface area contributed by atoms with Gasteiger partial charge in [0, 0.05) is 4.47 Å². The molecule has 0 saturated heterocycles. The highest BCUT2D eigenvalue weighted by molar-refractivity contribution is 9.10. The van der Waals surface area contributed by atoms with E-state index in [1.807, 2.05) is 31.2 Å². The van der Waals surface area contributed by atoms with Crippen LogP contribution < -0.4 is 5.73 Å². The first-order chi connectivity index (χ1) is 7.15. The zero-order valence-corrected chi connectivity index (χ0v) is 9.90. The van der Waals surface area contributed by atoms with Crippen molar-refractivity contribution in [1.29, 1.82) is 0 Å². The van der Waals surface area contributed by atoms with Crippen molar-refractivity contribution < 1.29 is 0 Å². The lowest BCUT2D eigenvalue weighted by Crippen LogP contribution is -2.04. The van der Waals surface area contributed by atoms with Crippen LogP contribution in [0.25, 0.3) is 0 Å². The van der Waals surface area contributed by atoms with Crippen molar-refractivity contribution in [3.8, 4) is 0 Å². The third kappa shape index (κ3) is 2.36. The molecule has 0 unspecified atom stereocenters. The zero-order valence-electron chi connectivity index (χ0n) is 8.31. The summed E-state index contributed by atoms with van der Waals surface area (Å²) in [5.41, 5.74) is 6.68. The van der Waals surface area contributed by atoms with Gasteiger partial charge < -0.3 is 5.73 Å².